The summed E-state index contributed by atoms with van der Waals surface area (Å²) >= 11 is 6.19. The Morgan fingerprint density at radius 1 is 0.821 bits per heavy atom. The van der Waals surface area contributed by atoms with Crippen LogP contribution in [0.2, 0.25) is 5.02 Å². The number of methoxy groups -OCH3 is 2. The Morgan fingerprint density at radius 3 is 2.23 bits per heavy atom. The first kappa shape index (κ1) is 25.8. The molecule has 0 spiro atoms. The number of nitrogens with one attached hydrogen (secondary N) is 1. The molecule has 1 fully saturated rings. The number of hydrogen-bond donors (Lipinski definition) is 1. The Labute approximate surface area is 229 Å². The maximum absolute atomic E-state index is 13.6. The van der Waals surface area contributed by atoms with Crippen molar-refractivity contribution in [2.45, 2.75) is 6.61 Å². The van der Waals surface area contributed by atoms with Gasteiger partial charge in [0.15, 0.2) is 0 Å². The summed E-state index contributed by atoms with van der Waals surface area (Å²) in [7, 11) is 2.78. The number of ether oxygens (including phenoxy) is 3. The molecule has 39 heavy (non-hydrogen) atoms. The quantitative estimate of drug-likeness (QED) is 0.236. The lowest BCUT2D eigenvalue weighted by molar-refractivity contribution is -0.122. The smallest absolute Gasteiger partial charge is 0.336 e. The molecule has 0 unspecified atom stereocenters. The molecule has 4 aromatic carbocycles. The Kier molecular flexibility index (Phi) is 7.21. The number of barbiturate groups is 1. The van der Waals surface area contributed by atoms with Gasteiger partial charge in [0.2, 0.25) is 0 Å². The zero-order valence-electron chi connectivity index (χ0n) is 21.1. The molecule has 0 bridgehead atoms. The number of amides is 4. The van der Waals surface area contributed by atoms with Crippen molar-refractivity contribution in [3.8, 4) is 17.2 Å². The van der Waals surface area contributed by atoms with E-state index in [4.69, 9.17) is 25.8 Å². The number of halogens is 1. The maximum Gasteiger partial charge on any atom is 0.336 e. The van der Waals surface area contributed by atoms with Crippen molar-refractivity contribution in [2.75, 3.05) is 19.1 Å². The molecule has 1 aliphatic rings. The van der Waals surface area contributed by atoms with Crippen LogP contribution < -0.4 is 24.4 Å². The highest BCUT2D eigenvalue weighted by Gasteiger charge is 2.38. The lowest BCUT2D eigenvalue weighted by Gasteiger charge is -2.28. The summed E-state index contributed by atoms with van der Waals surface area (Å²) in [5.41, 5.74) is 1.48. The highest BCUT2D eigenvalue weighted by Crippen LogP contribution is 2.39. The van der Waals surface area contributed by atoms with Crippen LogP contribution in [0.15, 0.2) is 84.4 Å². The molecule has 0 atom stereocenters. The van der Waals surface area contributed by atoms with Gasteiger partial charge in [0.25, 0.3) is 11.8 Å². The van der Waals surface area contributed by atoms with E-state index in [2.05, 4.69) is 5.32 Å². The molecule has 4 amide bonds. The van der Waals surface area contributed by atoms with Gasteiger partial charge in [-0.25, -0.2) is 9.69 Å². The normalized spacial score (nSPS) is 14.5. The van der Waals surface area contributed by atoms with Crippen LogP contribution in [0.5, 0.6) is 17.2 Å². The summed E-state index contributed by atoms with van der Waals surface area (Å²) in [6, 6.07) is 22.8. The Hall–Kier alpha value is -4.82. The van der Waals surface area contributed by atoms with Gasteiger partial charge in [0, 0.05) is 17.5 Å². The van der Waals surface area contributed by atoms with Crippen molar-refractivity contribution in [3.63, 3.8) is 0 Å². The standard InChI is InChI=1S/C30H23ClN2O6/c1-37-26-16-24(27(38-2)15-23(26)31)33-29(35)22(28(34)32-30(33)36)14-19-12-13-25(21-11-7-6-10-20(19)21)39-17-18-8-4-3-5-9-18/h3-16H,17H2,1-2H3,(H,32,34,36)/b22-14+. The number of fused-ring (bicyclic) bond motifs is 1. The lowest BCUT2D eigenvalue weighted by Crippen LogP contribution is -2.54. The van der Waals surface area contributed by atoms with E-state index in [0.717, 1.165) is 21.2 Å². The van der Waals surface area contributed by atoms with Crippen molar-refractivity contribution in [2.24, 2.45) is 0 Å². The number of anilines is 1. The first-order valence-electron chi connectivity index (χ1n) is 11.9. The highest BCUT2D eigenvalue weighted by atomic mass is 35.5. The molecular weight excluding hydrogens is 520 g/mol. The summed E-state index contributed by atoms with van der Waals surface area (Å²) in [6.45, 7) is 0.385. The van der Waals surface area contributed by atoms with Crippen LogP contribution in [0.4, 0.5) is 10.5 Å². The molecule has 0 saturated carbocycles. The number of carbonyl (C=O) groups excluding carboxylic acids is 3. The fourth-order valence-electron chi connectivity index (χ4n) is 4.33. The van der Waals surface area contributed by atoms with Crippen molar-refractivity contribution in [1.29, 1.82) is 0 Å². The predicted octanol–water partition coefficient (Wildman–Crippen LogP) is 5.76. The van der Waals surface area contributed by atoms with Crippen LogP contribution in [0.1, 0.15) is 11.1 Å². The SMILES string of the molecule is COc1cc(N2C(=O)NC(=O)/C(=C\c3ccc(OCc4ccccc4)c4ccccc34)C2=O)c(OC)cc1Cl. The summed E-state index contributed by atoms with van der Waals surface area (Å²) in [4.78, 5) is 40.1. The summed E-state index contributed by atoms with van der Waals surface area (Å²) in [6.07, 6.45) is 1.46. The monoisotopic (exact) mass is 542 g/mol. The highest BCUT2D eigenvalue weighted by molar-refractivity contribution is 6.40. The van der Waals surface area contributed by atoms with Gasteiger partial charge in [-0.3, -0.25) is 14.9 Å². The number of imide groups is 2. The first-order valence-corrected chi connectivity index (χ1v) is 12.3. The molecule has 0 aromatic heterocycles. The maximum atomic E-state index is 13.6. The predicted molar refractivity (Wildman–Crippen MR) is 148 cm³/mol. The number of rotatable bonds is 7. The van der Waals surface area contributed by atoms with Crippen LogP contribution in [-0.2, 0) is 16.2 Å². The average Bonchev–Trinajstić information content (AvgIpc) is 2.95. The third kappa shape index (κ3) is 5.02. The lowest BCUT2D eigenvalue weighted by atomic mass is 10.00. The van der Waals surface area contributed by atoms with Crippen molar-refractivity contribution < 1.29 is 28.6 Å². The van der Waals surface area contributed by atoms with Gasteiger partial charge in [0.05, 0.1) is 24.9 Å². The topological polar surface area (TPSA) is 94.2 Å². The van der Waals surface area contributed by atoms with Crippen LogP contribution >= 0.6 is 11.6 Å². The molecule has 1 aliphatic heterocycles. The third-order valence-electron chi connectivity index (χ3n) is 6.25. The van der Waals surface area contributed by atoms with E-state index >= 15 is 0 Å². The second-order valence-corrected chi connectivity index (χ2v) is 9.00. The van der Waals surface area contributed by atoms with E-state index in [-0.39, 0.29) is 27.8 Å². The van der Waals surface area contributed by atoms with E-state index < -0.39 is 17.8 Å². The number of hydrogen-bond acceptors (Lipinski definition) is 6. The minimum Gasteiger partial charge on any atom is -0.495 e. The summed E-state index contributed by atoms with van der Waals surface area (Å²) in [5.74, 6) is -0.587. The van der Waals surface area contributed by atoms with E-state index in [1.165, 1.54) is 32.4 Å². The first-order chi connectivity index (χ1) is 18.9. The molecule has 9 heteroatoms. The van der Waals surface area contributed by atoms with Gasteiger partial charge in [0.1, 0.15) is 29.4 Å². The number of nitrogens with zero attached hydrogens (tertiary/aromatic N) is 1. The minimum absolute atomic E-state index is 0.0779. The number of urea groups is 1. The van der Waals surface area contributed by atoms with Crippen molar-refractivity contribution in [1.82, 2.24) is 5.32 Å². The van der Waals surface area contributed by atoms with Gasteiger partial charge >= 0.3 is 6.03 Å². The van der Waals surface area contributed by atoms with E-state index in [1.54, 1.807) is 12.1 Å². The number of benzene rings is 4. The zero-order chi connectivity index (χ0) is 27.5. The van der Waals surface area contributed by atoms with E-state index in [0.29, 0.717) is 17.9 Å². The van der Waals surface area contributed by atoms with Gasteiger partial charge in [-0.15, -0.1) is 0 Å². The molecule has 5 rings (SSSR count). The largest absolute Gasteiger partial charge is 0.495 e. The number of carbonyl (C=O) groups is 3. The molecule has 0 aliphatic carbocycles. The average molecular weight is 543 g/mol. The zero-order valence-corrected chi connectivity index (χ0v) is 21.8. The van der Waals surface area contributed by atoms with Gasteiger partial charge in [-0.05, 0) is 28.7 Å². The van der Waals surface area contributed by atoms with Crippen LogP contribution in [0.3, 0.4) is 0 Å². The van der Waals surface area contributed by atoms with Crippen molar-refractivity contribution in [3.05, 3.63) is 101 Å². The van der Waals surface area contributed by atoms with Gasteiger partial charge < -0.3 is 14.2 Å². The van der Waals surface area contributed by atoms with E-state index in [1.807, 2.05) is 54.6 Å². The summed E-state index contributed by atoms with van der Waals surface area (Å²) < 4.78 is 16.7. The Balaban J connectivity index is 1.54. The molecule has 1 heterocycles. The molecule has 196 valence electrons. The van der Waals surface area contributed by atoms with Gasteiger partial charge in [-0.2, -0.15) is 0 Å². The Bertz CT molecular complexity index is 1630. The fraction of sp³-hybridized carbons (Fsp3) is 0.100. The van der Waals surface area contributed by atoms with Crippen LogP contribution in [-0.4, -0.2) is 32.1 Å². The summed E-state index contributed by atoms with van der Waals surface area (Å²) in [5, 5.41) is 4.04. The second-order valence-electron chi connectivity index (χ2n) is 8.59. The second kappa shape index (κ2) is 10.9. The Morgan fingerprint density at radius 2 is 1.51 bits per heavy atom. The molecule has 8 nitrogen and oxygen atoms in total. The molecule has 1 saturated heterocycles. The molecule has 4 aromatic rings. The van der Waals surface area contributed by atoms with Gasteiger partial charge in [-0.1, -0.05) is 72.3 Å². The molecule has 0 radical (unpaired) electrons. The third-order valence-corrected chi connectivity index (χ3v) is 6.55. The van der Waals surface area contributed by atoms with Crippen molar-refractivity contribution >= 4 is 52.0 Å². The van der Waals surface area contributed by atoms with E-state index in [9.17, 15) is 14.4 Å². The minimum atomic E-state index is -0.917. The molecule has 1 N–H and O–H groups in total. The fourth-order valence-corrected chi connectivity index (χ4v) is 4.56. The van der Waals surface area contributed by atoms with Crippen LogP contribution in [0, 0.1) is 0 Å². The molecular formula is C30H23ClN2O6. The van der Waals surface area contributed by atoms with Crippen LogP contribution in [0.25, 0.3) is 16.8 Å².